The molecule has 1 aliphatic heterocycles. The van der Waals surface area contributed by atoms with Crippen molar-refractivity contribution >= 4 is 11.7 Å². The first-order valence-electron chi connectivity index (χ1n) is 8.22. The normalized spacial score (nSPS) is 16.2. The molecular formula is C18H27N3O2. The lowest BCUT2D eigenvalue weighted by Crippen LogP contribution is -2.50. The molecule has 2 amide bonds. The highest BCUT2D eigenvalue weighted by Gasteiger charge is 2.23. The summed E-state index contributed by atoms with van der Waals surface area (Å²) < 4.78 is 0. The van der Waals surface area contributed by atoms with Crippen LogP contribution in [0.2, 0.25) is 0 Å². The van der Waals surface area contributed by atoms with Crippen LogP contribution in [0.1, 0.15) is 32.3 Å². The molecule has 0 saturated heterocycles. The zero-order chi connectivity index (χ0) is 16.7. The molecule has 1 aromatic rings. The molecule has 1 heterocycles. The van der Waals surface area contributed by atoms with Gasteiger partial charge < -0.3 is 20.6 Å². The second-order valence-corrected chi connectivity index (χ2v) is 6.24. The Bertz CT molecular complexity index is 551. The third-order valence-corrected chi connectivity index (χ3v) is 4.41. The van der Waals surface area contributed by atoms with E-state index in [2.05, 4.69) is 39.8 Å². The van der Waals surface area contributed by atoms with Crippen LogP contribution in [0.25, 0.3) is 0 Å². The highest BCUT2D eigenvalue weighted by Crippen LogP contribution is 2.18. The van der Waals surface area contributed by atoms with Crippen molar-refractivity contribution in [1.29, 1.82) is 0 Å². The molecule has 0 fully saturated rings. The van der Waals surface area contributed by atoms with E-state index in [1.165, 1.54) is 5.69 Å². The summed E-state index contributed by atoms with van der Waals surface area (Å²) in [4.78, 5) is 14.4. The van der Waals surface area contributed by atoms with Gasteiger partial charge in [0.15, 0.2) is 0 Å². The lowest BCUT2D eigenvalue weighted by molar-refractivity contribution is 0.200. The van der Waals surface area contributed by atoms with E-state index >= 15 is 0 Å². The van der Waals surface area contributed by atoms with E-state index in [1.54, 1.807) is 0 Å². The molecule has 1 aromatic carbocycles. The van der Waals surface area contributed by atoms with E-state index in [9.17, 15) is 4.79 Å². The zero-order valence-corrected chi connectivity index (χ0v) is 14.0. The summed E-state index contributed by atoms with van der Waals surface area (Å²) in [5, 5.41) is 15.0. The molecule has 2 rings (SSSR count). The summed E-state index contributed by atoms with van der Waals surface area (Å²) in [5.74, 6) is 0. The third kappa shape index (κ3) is 4.99. The summed E-state index contributed by atoms with van der Waals surface area (Å²) in [7, 11) is 0. The number of aliphatic hydroxyl groups excluding tert-OH is 1. The summed E-state index contributed by atoms with van der Waals surface area (Å²) in [6, 6.07) is 8.03. The van der Waals surface area contributed by atoms with E-state index in [-0.39, 0.29) is 18.2 Å². The molecule has 5 heteroatoms. The van der Waals surface area contributed by atoms with Gasteiger partial charge in [-0.15, -0.1) is 0 Å². The molecule has 0 spiro atoms. The molecule has 5 nitrogen and oxygen atoms in total. The van der Waals surface area contributed by atoms with Gasteiger partial charge >= 0.3 is 6.03 Å². The molecule has 1 unspecified atom stereocenters. The number of benzene rings is 1. The van der Waals surface area contributed by atoms with Gasteiger partial charge in [-0.2, -0.15) is 0 Å². The Balaban J connectivity index is 1.87. The Morgan fingerprint density at radius 1 is 1.35 bits per heavy atom. The molecule has 3 N–H and O–H groups in total. The summed E-state index contributed by atoms with van der Waals surface area (Å²) >= 11 is 0. The van der Waals surface area contributed by atoms with E-state index in [0.29, 0.717) is 13.0 Å². The van der Waals surface area contributed by atoms with Gasteiger partial charge in [-0.05, 0) is 37.5 Å². The molecule has 0 bridgehead atoms. The lowest BCUT2D eigenvalue weighted by atomic mass is 9.95. The van der Waals surface area contributed by atoms with Crippen LogP contribution < -0.4 is 15.5 Å². The van der Waals surface area contributed by atoms with Crippen molar-refractivity contribution in [3.05, 3.63) is 42.0 Å². The number of anilines is 1. The average molecular weight is 317 g/mol. The fourth-order valence-electron chi connectivity index (χ4n) is 2.63. The number of rotatable bonds is 7. The first-order chi connectivity index (χ1) is 11.1. The Hall–Kier alpha value is -2.01. The minimum Gasteiger partial charge on any atom is -0.396 e. The standard InChI is InChI=1S/C18H27N3O2/c1-3-18(2,9-12-22)20-17(23)19-14-15-7-6-8-16(13-15)21-10-4-5-11-21/h4-8,13,22H,3,9-12,14H2,1-2H3,(H2,19,20,23). The molecule has 0 radical (unpaired) electrons. The van der Waals surface area contributed by atoms with Crippen molar-refractivity contribution in [3.63, 3.8) is 0 Å². The second-order valence-electron chi connectivity index (χ2n) is 6.24. The maximum Gasteiger partial charge on any atom is 0.315 e. The van der Waals surface area contributed by atoms with Crippen LogP contribution in [0.3, 0.4) is 0 Å². The van der Waals surface area contributed by atoms with E-state index in [4.69, 9.17) is 5.11 Å². The molecule has 126 valence electrons. The number of hydrogen-bond acceptors (Lipinski definition) is 3. The predicted molar refractivity (Wildman–Crippen MR) is 93.6 cm³/mol. The SMILES string of the molecule is CCC(C)(CCO)NC(=O)NCc1cccc(N2CC=CC2)c1. The second kappa shape index (κ2) is 8.02. The maximum absolute atomic E-state index is 12.1. The summed E-state index contributed by atoms with van der Waals surface area (Å²) in [6.45, 7) is 6.38. The van der Waals surface area contributed by atoms with Crippen molar-refractivity contribution in [3.8, 4) is 0 Å². The molecule has 0 aliphatic carbocycles. The van der Waals surface area contributed by atoms with Gasteiger partial charge in [0.1, 0.15) is 0 Å². The Morgan fingerprint density at radius 2 is 2.09 bits per heavy atom. The van der Waals surface area contributed by atoms with Crippen LogP contribution in [0.5, 0.6) is 0 Å². The first kappa shape index (κ1) is 17.3. The monoisotopic (exact) mass is 317 g/mol. The van der Waals surface area contributed by atoms with Gasteiger partial charge in [-0.25, -0.2) is 4.79 Å². The smallest absolute Gasteiger partial charge is 0.315 e. The summed E-state index contributed by atoms with van der Waals surface area (Å²) in [5.41, 5.74) is 1.88. The molecule has 23 heavy (non-hydrogen) atoms. The fourth-order valence-corrected chi connectivity index (χ4v) is 2.63. The van der Waals surface area contributed by atoms with Gasteiger partial charge in [0.25, 0.3) is 0 Å². The van der Waals surface area contributed by atoms with Gasteiger partial charge in [0.05, 0.1) is 0 Å². The Kier molecular flexibility index (Phi) is 6.04. The highest BCUT2D eigenvalue weighted by atomic mass is 16.3. The van der Waals surface area contributed by atoms with Crippen molar-refractivity contribution < 1.29 is 9.90 Å². The number of nitrogens with zero attached hydrogens (tertiary/aromatic N) is 1. The third-order valence-electron chi connectivity index (χ3n) is 4.41. The van der Waals surface area contributed by atoms with Crippen LogP contribution in [0.4, 0.5) is 10.5 Å². The fraction of sp³-hybridized carbons (Fsp3) is 0.500. The van der Waals surface area contributed by atoms with Crippen LogP contribution >= 0.6 is 0 Å². The van der Waals surface area contributed by atoms with Gasteiger partial charge in [-0.3, -0.25) is 0 Å². The van der Waals surface area contributed by atoms with Gasteiger partial charge in [-0.1, -0.05) is 31.2 Å². The van der Waals surface area contributed by atoms with Crippen LogP contribution in [-0.4, -0.2) is 36.4 Å². The quantitative estimate of drug-likeness (QED) is 0.677. The number of carbonyl (C=O) groups is 1. The largest absolute Gasteiger partial charge is 0.396 e. The predicted octanol–water partition coefficient (Wildman–Crippen LogP) is 2.41. The average Bonchev–Trinajstić information content (AvgIpc) is 3.08. The number of urea groups is 1. The van der Waals surface area contributed by atoms with Crippen LogP contribution in [-0.2, 0) is 6.54 Å². The minimum atomic E-state index is -0.373. The maximum atomic E-state index is 12.1. The van der Waals surface area contributed by atoms with Gasteiger partial charge in [0.2, 0.25) is 0 Å². The van der Waals surface area contributed by atoms with E-state index < -0.39 is 0 Å². The number of aliphatic hydroxyl groups is 1. The molecule has 0 saturated carbocycles. The number of hydrogen-bond donors (Lipinski definition) is 3. The minimum absolute atomic E-state index is 0.0660. The topological polar surface area (TPSA) is 64.6 Å². The highest BCUT2D eigenvalue weighted by molar-refractivity contribution is 5.74. The Labute approximate surface area is 138 Å². The van der Waals surface area contributed by atoms with Crippen LogP contribution in [0.15, 0.2) is 36.4 Å². The summed E-state index contributed by atoms with van der Waals surface area (Å²) in [6.07, 6.45) is 5.64. The van der Waals surface area contributed by atoms with Crippen molar-refractivity contribution in [1.82, 2.24) is 10.6 Å². The van der Waals surface area contributed by atoms with Crippen molar-refractivity contribution in [2.75, 3.05) is 24.6 Å². The molecule has 1 aliphatic rings. The van der Waals surface area contributed by atoms with E-state index in [1.807, 2.05) is 26.0 Å². The zero-order valence-electron chi connectivity index (χ0n) is 14.0. The number of amides is 2. The van der Waals surface area contributed by atoms with Crippen molar-refractivity contribution in [2.45, 2.75) is 38.8 Å². The number of nitrogens with one attached hydrogen (secondary N) is 2. The van der Waals surface area contributed by atoms with Crippen molar-refractivity contribution in [2.24, 2.45) is 0 Å². The lowest BCUT2D eigenvalue weighted by Gasteiger charge is -2.29. The van der Waals surface area contributed by atoms with E-state index in [0.717, 1.165) is 25.1 Å². The van der Waals surface area contributed by atoms with Crippen LogP contribution in [0, 0.1) is 0 Å². The van der Waals surface area contributed by atoms with Gasteiger partial charge in [0, 0.05) is 37.5 Å². The molecule has 1 atom stereocenters. The molecule has 0 aromatic heterocycles. The first-order valence-corrected chi connectivity index (χ1v) is 8.22. The Morgan fingerprint density at radius 3 is 2.74 bits per heavy atom. The number of carbonyl (C=O) groups excluding carboxylic acids is 1. The molecular weight excluding hydrogens is 290 g/mol.